The minimum absolute atomic E-state index is 0.185. The molecule has 0 fully saturated rings. The summed E-state index contributed by atoms with van der Waals surface area (Å²) < 4.78 is 0.921. The number of aromatic nitrogens is 1. The number of H-pyrrole nitrogens is 1. The highest BCUT2D eigenvalue weighted by molar-refractivity contribution is 9.10. The average Bonchev–Trinajstić information content (AvgIpc) is 2.80. The molecule has 6 heteroatoms. The molecular formula is C15H17BrN2O3. The van der Waals surface area contributed by atoms with Gasteiger partial charge in [-0.3, -0.25) is 4.79 Å². The van der Waals surface area contributed by atoms with Crippen LogP contribution in [-0.4, -0.2) is 28.0 Å². The average molecular weight is 353 g/mol. The van der Waals surface area contributed by atoms with Crippen molar-refractivity contribution in [2.75, 3.05) is 0 Å². The third kappa shape index (κ3) is 3.85. The van der Waals surface area contributed by atoms with Crippen LogP contribution in [-0.2, 0) is 4.79 Å². The van der Waals surface area contributed by atoms with E-state index in [-0.39, 0.29) is 5.92 Å². The number of hydrogen-bond donors (Lipinski definition) is 3. The molecule has 0 bridgehead atoms. The van der Waals surface area contributed by atoms with Crippen LogP contribution in [0.1, 0.15) is 30.8 Å². The molecule has 0 spiro atoms. The fourth-order valence-electron chi connectivity index (χ4n) is 2.15. The lowest BCUT2D eigenvalue weighted by Crippen LogP contribution is -2.41. The number of carbonyl (C=O) groups is 2. The number of carboxylic acid groups (broad SMARTS) is 1. The van der Waals surface area contributed by atoms with Crippen LogP contribution in [0.2, 0.25) is 0 Å². The molecule has 0 unspecified atom stereocenters. The molecule has 0 aliphatic carbocycles. The Hall–Kier alpha value is -1.82. The molecule has 0 saturated heterocycles. The summed E-state index contributed by atoms with van der Waals surface area (Å²) in [4.78, 5) is 26.4. The summed E-state index contributed by atoms with van der Waals surface area (Å²) >= 11 is 3.37. The Balaban J connectivity index is 2.19. The molecule has 1 heterocycles. The molecule has 2 rings (SSSR count). The Labute approximate surface area is 130 Å². The summed E-state index contributed by atoms with van der Waals surface area (Å²) in [6.07, 6.45) is 0.396. The first-order valence-corrected chi connectivity index (χ1v) is 7.48. The Morgan fingerprint density at radius 1 is 1.33 bits per heavy atom. The monoisotopic (exact) mass is 352 g/mol. The zero-order valence-electron chi connectivity index (χ0n) is 11.8. The van der Waals surface area contributed by atoms with Gasteiger partial charge in [-0.15, -0.1) is 0 Å². The minimum atomic E-state index is -1.02. The Morgan fingerprint density at radius 2 is 2.05 bits per heavy atom. The third-order valence-corrected chi connectivity index (χ3v) is 3.63. The van der Waals surface area contributed by atoms with Crippen molar-refractivity contribution in [3.63, 3.8) is 0 Å². The van der Waals surface area contributed by atoms with Gasteiger partial charge in [0.25, 0.3) is 5.91 Å². The van der Waals surface area contributed by atoms with Crippen molar-refractivity contribution >= 4 is 38.7 Å². The van der Waals surface area contributed by atoms with Gasteiger partial charge in [-0.25, -0.2) is 4.79 Å². The van der Waals surface area contributed by atoms with Gasteiger partial charge in [0.15, 0.2) is 0 Å². The molecule has 1 amide bonds. The van der Waals surface area contributed by atoms with Crippen LogP contribution in [0.5, 0.6) is 0 Å². The predicted octanol–water partition coefficient (Wildman–Crippen LogP) is 3.16. The van der Waals surface area contributed by atoms with Gasteiger partial charge in [0.1, 0.15) is 11.7 Å². The van der Waals surface area contributed by atoms with E-state index >= 15 is 0 Å². The van der Waals surface area contributed by atoms with E-state index in [1.165, 1.54) is 0 Å². The number of aliphatic carboxylic acids is 1. The highest BCUT2D eigenvalue weighted by Gasteiger charge is 2.22. The molecular weight excluding hydrogens is 336 g/mol. The smallest absolute Gasteiger partial charge is 0.326 e. The fraction of sp³-hybridized carbons (Fsp3) is 0.333. The highest BCUT2D eigenvalue weighted by atomic mass is 79.9. The first kappa shape index (κ1) is 15.6. The molecule has 0 saturated carbocycles. The van der Waals surface area contributed by atoms with Gasteiger partial charge in [-0.05, 0) is 36.6 Å². The van der Waals surface area contributed by atoms with E-state index in [2.05, 4.69) is 26.2 Å². The van der Waals surface area contributed by atoms with Gasteiger partial charge >= 0.3 is 5.97 Å². The molecule has 0 aliphatic heterocycles. The first-order valence-electron chi connectivity index (χ1n) is 6.68. The highest BCUT2D eigenvalue weighted by Crippen LogP contribution is 2.20. The topological polar surface area (TPSA) is 82.2 Å². The number of hydrogen-bond acceptors (Lipinski definition) is 2. The second-order valence-corrected chi connectivity index (χ2v) is 6.32. The summed E-state index contributed by atoms with van der Waals surface area (Å²) in [7, 11) is 0. The number of carboxylic acids is 1. The van der Waals surface area contributed by atoms with Gasteiger partial charge in [0.2, 0.25) is 0 Å². The van der Waals surface area contributed by atoms with Crippen LogP contribution in [0, 0.1) is 5.92 Å². The van der Waals surface area contributed by atoms with Crippen molar-refractivity contribution in [3.05, 3.63) is 34.4 Å². The Kier molecular flexibility index (Phi) is 4.67. The Bertz CT molecular complexity index is 679. The zero-order chi connectivity index (χ0) is 15.6. The van der Waals surface area contributed by atoms with Crippen LogP contribution >= 0.6 is 15.9 Å². The molecule has 1 atom stereocenters. The van der Waals surface area contributed by atoms with Gasteiger partial charge in [-0.2, -0.15) is 0 Å². The largest absolute Gasteiger partial charge is 0.480 e. The number of fused-ring (bicyclic) bond motifs is 1. The quantitative estimate of drug-likeness (QED) is 0.772. The summed E-state index contributed by atoms with van der Waals surface area (Å²) in [6, 6.07) is 6.46. The molecule has 0 aliphatic rings. The lowest BCUT2D eigenvalue weighted by atomic mass is 10.0. The first-order chi connectivity index (χ1) is 9.86. The molecule has 3 N–H and O–H groups in total. The maximum absolute atomic E-state index is 12.2. The zero-order valence-corrected chi connectivity index (χ0v) is 13.4. The van der Waals surface area contributed by atoms with E-state index in [1.54, 1.807) is 6.07 Å². The van der Waals surface area contributed by atoms with Gasteiger partial charge in [-0.1, -0.05) is 29.8 Å². The van der Waals surface area contributed by atoms with Crippen LogP contribution in [0.3, 0.4) is 0 Å². The fourth-order valence-corrected chi connectivity index (χ4v) is 2.53. The lowest BCUT2D eigenvalue weighted by Gasteiger charge is -2.15. The SMILES string of the molecule is CC(C)C[C@@H](NC(=O)c1cc2cc(Br)ccc2[nH]1)C(=O)O. The lowest BCUT2D eigenvalue weighted by molar-refractivity contribution is -0.139. The number of nitrogens with one attached hydrogen (secondary N) is 2. The number of carbonyl (C=O) groups excluding carboxylic acids is 1. The van der Waals surface area contributed by atoms with E-state index in [9.17, 15) is 9.59 Å². The summed E-state index contributed by atoms with van der Waals surface area (Å²) in [5, 5.41) is 12.6. The van der Waals surface area contributed by atoms with Crippen LogP contribution in [0.4, 0.5) is 0 Å². The van der Waals surface area contributed by atoms with Crippen molar-refractivity contribution in [2.24, 2.45) is 5.92 Å². The molecule has 2 aromatic rings. The van der Waals surface area contributed by atoms with Crippen molar-refractivity contribution in [2.45, 2.75) is 26.3 Å². The molecule has 21 heavy (non-hydrogen) atoms. The van der Waals surface area contributed by atoms with Crippen LogP contribution in [0.25, 0.3) is 10.9 Å². The third-order valence-electron chi connectivity index (χ3n) is 3.14. The van der Waals surface area contributed by atoms with Crippen molar-refractivity contribution < 1.29 is 14.7 Å². The van der Waals surface area contributed by atoms with Gasteiger partial charge in [0, 0.05) is 15.4 Å². The predicted molar refractivity (Wildman–Crippen MR) is 84.3 cm³/mol. The number of amides is 1. The molecule has 1 aromatic carbocycles. The number of benzene rings is 1. The number of aromatic amines is 1. The summed E-state index contributed by atoms with van der Waals surface area (Å²) in [6.45, 7) is 3.84. The van der Waals surface area contributed by atoms with Crippen LogP contribution < -0.4 is 5.32 Å². The second kappa shape index (κ2) is 6.30. The molecule has 0 radical (unpaired) electrons. The standard InChI is InChI=1S/C15H17BrN2O3/c1-8(2)5-13(15(20)21)18-14(19)12-7-9-6-10(16)3-4-11(9)17-12/h3-4,6-8,13,17H,5H2,1-2H3,(H,18,19)(H,20,21)/t13-/m1/s1. The Morgan fingerprint density at radius 3 is 2.67 bits per heavy atom. The second-order valence-electron chi connectivity index (χ2n) is 5.41. The number of rotatable bonds is 5. The minimum Gasteiger partial charge on any atom is -0.480 e. The van der Waals surface area contributed by atoms with E-state index in [4.69, 9.17) is 5.11 Å². The summed E-state index contributed by atoms with van der Waals surface area (Å²) in [5.41, 5.74) is 1.19. The molecule has 1 aromatic heterocycles. The molecule has 112 valence electrons. The van der Waals surface area contributed by atoms with Gasteiger partial charge in [0.05, 0.1) is 0 Å². The maximum atomic E-state index is 12.2. The van der Waals surface area contributed by atoms with E-state index in [0.717, 1.165) is 15.4 Å². The van der Waals surface area contributed by atoms with E-state index in [1.807, 2.05) is 32.0 Å². The van der Waals surface area contributed by atoms with Gasteiger partial charge < -0.3 is 15.4 Å². The maximum Gasteiger partial charge on any atom is 0.326 e. The molecule has 5 nitrogen and oxygen atoms in total. The normalized spacial score (nSPS) is 12.6. The van der Waals surface area contributed by atoms with Crippen LogP contribution in [0.15, 0.2) is 28.7 Å². The number of halogens is 1. The van der Waals surface area contributed by atoms with E-state index < -0.39 is 17.9 Å². The van der Waals surface area contributed by atoms with Crippen molar-refractivity contribution in [1.29, 1.82) is 0 Å². The van der Waals surface area contributed by atoms with Crippen molar-refractivity contribution in [3.8, 4) is 0 Å². The van der Waals surface area contributed by atoms with Crippen molar-refractivity contribution in [1.82, 2.24) is 10.3 Å². The van der Waals surface area contributed by atoms with E-state index in [0.29, 0.717) is 12.1 Å². The summed E-state index contributed by atoms with van der Waals surface area (Å²) in [5.74, 6) is -1.24.